The number of aliphatic carboxylic acids is 1. The standard InChI is InChI=1S/C14H18N2O3/c1-9(11-7-15-8-11)13(17)16-12(14(18)19)10-5-3-2-4-6-10/h2-6,9,11-12,15H,7-8H2,1H3,(H,16,17)(H,18,19)/t9?,12-/m1/s1. The third-order valence-corrected chi connectivity index (χ3v) is 3.60. The SMILES string of the molecule is CC(C(=O)N[C@@H](C(=O)O)c1ccccc1)C1CNC1. The molecule has 2 atom stereocenters. The van der Waals surface area contributed by atoms with Gasteiger partial charge in [-0.3, -0.25) is 4.79 Å². The van der Waals surface area contributed by atoms with E-state index >= 15 is 0 Å². The molecule has 2 rings (SSSR count). The van der Waals surface area contributed by atoms with Gasteiger partial charge in [-0.2, -0.15) is 0 Å². The molecule has 1 fully saturated rings. The van der Waals surface area contributed by atoms with E-state index in [1.165, 1.54) is 0 Å². The van der Waals surface area contributed by atoms with Gasteiger partial charge < -0.3 is 15.7 Å². The fraction of sp³-hybridized carbons (Fsp3) is 0.429. The fourth-order valence-corrected chi connectivity index (χ4v) is 2.09. The maximum absolute atomic E-state index is 12.1. The summed E-state index contributed by atoms with van der Waals surface area (Å²) < 4.78 is 0. The van der Waals surface area contributed by atoms with Crippen molar-refractivity contribution in [3.8, 4) is 0 Å². The van der Waals surface area contributed by atoms with Crippen LogP contribution in [0.15, 0.2) is 30.3 Å². The normalized spacial score (nSPS) is 18.2. The highest BCUT2D eigenvalue weighted by molar-refractivity contribution is 5.85. The predicted octanol–water partition coefficient (Wildman–Crippen LogP) is 0.784. The third-order valence-electron chi connectivity index (χ3n) is 3.60. The molecule has 5 heteroatoms. The van der Waals surface area contributed by atoms with E-state index in [1.54, 1.807) is 24.3 Å². The van der Waals surface area contributed by atoms with Gasteiger partial charge in [0.15, 0.2) is 6.04 Å². The smallest absolute Gasteiger partial charge is 0.330 e. The van der Waals surface area contributed by atoms with E-state index in [1.807, 2.05) is 13.0 Å². The Balaban J connectivity index is 2.04. The Hall–Kier alpha value is -1.88. The quantitative estimate of drug-likeness (QED) is 0.733. The van der Waals surface area contributed by atoms with Crippen LogP contribution in [0.3, 0.4) is 0 Å². The van der Waals surface area contributed by atoms with Gasteiger partial charge in [-0.1, -0.05) is 37.3 Å². The minimum Gasteiger partial charge on any atom is -0.479 e. The highest BCUT2D eigenvalue weighted by Gasteiger charge is 2.31. The Morgan fingerprint density at radius 3 is 2.42 bits per heavy atom. The van der Waals surface area contributed by atoms with Crippen LogP contribution in [0.1, 0.15) is 18.5 Å². The van der Waals surface area contributed by atoms with Crippen molar-refractivity contribution in [2.24, 2.45) is 11.8 Å². The van der Waals surface area contributed by atoms with Gasteiger partial charge in [0, 0.05) is 5.92 Å². The van der Waals surface area contributed by atoms with Crippen LogP contribution in [0.5, 0.6) is 0 Å². The first-order valence-electron chi connectivity index (χ1n) is 6.38. The average Bonchev–Trinajstić information content (AvgIpc) is 2.34. The lowest BCUT2D eigenvalue weighted by Crippen LogP contribution is -2.50. The summed E-state index contributed by atoms with van der Waals surface area (Å²) in [6, 6.07) is 7.76. The van der Waals surface area contributed by atoms with Gasteiger partial charge in [0.25, 0.3) is 0 Å². The summed E-state index contributed by atoms with van der Waals surface area (Å²) in [6.07, 6.45) is 0. The van der Waals surface area contributed by atoms with E-state index in [-0.39, 0.29) is 11.8 Å². The largest absolute Gasteiger partial charge is 0.479 e. The fourth-order valence-electron chi connectivity index (χ4n) is 2.09. The molecule has 1 aromatic rings. The molecule has 1 unspecified atom stereocenters. The second-order valence-electron chi connectivity index (χ2n) is 4.90. The lowest BCUT2D eigenvalue weighted by molar-refractivity contribution is -0.143. The van der Waals surface area contributed by atoms with E-state index < -0.39 is 12.0 Å². The zero-order valence-electron chi connectivity index (χ0n) is 10.8. The topological polar surface area (TPSA) is 78.4 Å². The molecule has 0 aliphatic carbocycles. The molecule has 1 aliphatic heterocycles. The van der Waals surface area contributed by atoms with Crippen molar-refractivity contribution in [3.63, 3.8) is 0 Å². The summed E-state index contributed by atoms with van der Waals surface area (Å²) in [4.78, 5) is 23.3. The Morgan fingerprint density at radius 2 is 1.95 bits per heavy atom. The number of amides is 1. The summed E-state index contributed by atoms with van der Waals surface area (Å²) in [5.74, 6) is -1.13. The first-order chi connectivity index (χ1) is 9.09. The maximum Gasteiger partial charge on any atom is 0.330 e. The number of carbonyl (C=O) groups is 2. The van der Waals surface area contributed by atoms with Crippen molar-refractivity contribution in [1.82, 2.24) is 10.6 Å². The summed E-state index contributed by atoms with van der Waals surface area (Å²) >= 11 is 0. The van der Waals surface area contributed by atoms with Crippen LogP contribution in [0.2, 0.25) is 0 Å². The highest BCUT2D eigenvalue weighted by atomic mass is 16.4. The number of nitrogens with one attached hydrogen (secondary N) is 2. The number of carboxylic acids is 1. The van der Waals surface area contributed by atoms with Crippen molar-refractivity contribution >= 4 is 11.9 Å². The molecule has 1 aromatic carbocycles. The van der Waals surface area contributed by atoms with E-state index in [2.05, 4.69) is 10.6 Å². The minimum atomic E-state index is -1.04. The van der Waals surface area contributed by atoms with Gasteiger partial charge in [0.2, 0.25) is 5.91 Å². The van der Waals surface area contributed by atoms with Crippen LogP contribution >= 0.6 is 0 Å². The van der Waals surface area contributed by atoms with Crippen LogP contribution in [-0.4, -0.2) is 30.1 Å². The predicted molar refractivity (Wildman–Crippen MR) is 70.5 cm³/mol. The zero-order chi connectivity index (χ0) is 13.8. The zero-order valence-corrected chi connectivity index (χ0v) is 10.8. The average molecular weight is 262 g/mol. The molecule has 102 valence electrons. The van der Waals surface area contributed by atoms with Crippen LogP contribution in [0.25, 0.3) is 0 Å². The molecule has 5 nitrogen and oxygen atoms in total. The molecule has 1 saturated heterocycles. The molecule has 0 aromatic heterocycles. The number of hydrogen-bond acceptors (Lipinski definition) is 3. The first-order valence-corrected chi connectivity index (χ1v) is 6.38. The Kier molecular flexibility index (Phi) is 4.16. The summed E-state index contributed by atoms with van der Waals surface area (Å²) in [6.45, 7) is 3.47. The van der Waals surface area contributed by atoms with E-state index in [0.29, 0.717) is 11.5 Å². The lowest BCUT2D eigenvalue weighted by atomic mass is 9.88. The molecule has 0 radical (unpaired) electrons. The van der Waals surface area contributed by atoms with Crippen LogP contribution in [-0.2, 0) is 9.59 Å². The minimum absolute atomic E-state index is 0.174. The van der Waals surface area contributed by atoms with Crippen molar-refractivity contribution in [1.29, 1.82) is 0 Å². The van der Waals surface area contributed by atoms with E-state index in [0.717, 1.165) is 13.1 Å². The van der Waals surface area contributed by atoms with Gasteiger partial charge in [-0.15, -0.1) is 0 Å². The van der Waals surface area contributed by atoms with Gasteiger partial charge >= 0.3 is 5.97 Å². The number of carboxylic acid groups (broad SMARTS) is 1. The molecular weight excluding hydrogens is 244 g/mol. The van der Waals surface area contributed by atoms with E-state index in [9.17, 15) is 14.7 Å². The molecule has 1 aliphatic rings. The number of hydrogen-bond donors (Lipinski definition) is 3. The maximum atomic E-state index is 12.1. The molecule has 1 amide bonds. The highest BCUT2D eigenvalue weighted by Crippen LogP contribution is 2.19. The number of rotatable bonds is 5. The number of carbonyl (C=O) groups excluding carboxylic acids is 1. The lowest BCUT2D eigenvalue weighted by Gasteiger charge is -2.32. The van der Waals surface area contributed by atoms with E-state index in [4.69, 9.17) is 0 Å². The van der Waals surface area contributed by atoms with Gasteiger partial charge in [-0.25, -0.2) is 4.79 Å². The molecule has 19 heavy (non-hydrogen) atoms. The van der Waals surface area contributed by atoms with Crippen LogP contribution in [0, 0.1) is 11.8 Å². The number of benzene rings is 1. The van der Waals surface area contributed by atoms with Gasteiger partial charge in [-0.05, 0) is 24.6 Å². The second kappa shape index (κ2) is 5.84. The summed E-state index contributed by atoms with van der Waals surface area (Å²) in [7, 11) is 0. The third kappa shape index (κ3) is 3.12. The van der Waals surface area contributed by atoms with Gasteiger partial charge in [0.1, 0.15) is 0 Å². The first kappa shape index (κ1) is 13.5. The second-order valence-corrected chi connectivity index (χ2v) is 4.90. The summed E-state index contributed by atoms with van der Waals surface area (Å²) in [5.41, 5.74) is 0.585. The van der Waals surface area contributed by atoms with Crippen molar-refractivity contribution < 1.29 is 14.7 Å². The molecule has 0 saturated carbocycles. The monoisotopic (exact) mass is 262 g/mol. The molecule has 0 spiro atoms. The molecular formula is C14H18N2O3. The summed E-state index contributed by atoms with van der Waals surface area (Å²) in [5, 5.41) is 15.0. The Labute approximate surface area is 112 Å². The van der Waals surface area contributed by atoms with Crippen molar-refractivity contribution in [3.05, 3.63) is 35.9 Å². The van der Waals surface area contributed by atoms with Gasteiger partial charge in [0.05, 0.1) is 0 Å². The Morgan fingerprint density at radius 1 is 1.32 bits per heavy atom. The molecule has 3 N–H and O–H groups in total. The van der Waals surface area contributed by atoms with Crippen molar-refractivity contribution in [2.75, 3.05) is 13.1 Å². The Bertz CT molecular complexity index is 457. The van der Waals surface area contributed by atoms with Crippen LogP contribution in [0.4, 0.5) is 0 Å². The van der Waals surface area contributed by atoms with Crippen LogP contribution < -0.4 is 10.6 Å². The molecule has 1 heterocycles. The van der Waals surface area contributed by atoms with Crippen molar-refractivity contribution in [2.45, 2.75) is 13.0 Å². The molecule has 0 bridgehead atoms.